The number of nitrogens with zero attached hydrogens (tertiary/aromatic N) is 4. The van der Waals surface area contributed by atoms with Crippen LogP contribution < -0.4 is 9.64 Å². The number of anilines is 1. The molecule has 32 heavy (non-hydrogen) atoms. The zero-order chi connectivity index (χ0) is 22.7. The van der Waals surface area contributed by atoms with Crippen molar-refractivity contribution in [3.05, 3.63) is 64.9 Å². The van der Waals surface area contributed by atoms with Crippen LogP contribution in [0.1, 0.15) is 34.6 Å². The van der Waals surface area contributed by atoms with Crippen LogP contribution in [0, 0.1) is 13.8 Å². The van der Waals surface area contributed by atoms with Crippen molar-refractivity contribution in [3.8, 4) is 5.75 Å². The largest absolute Gasteiger partial charge is 0.493 e. The maximum Gasteiger partial charge on any atom is 0.416 e. The molecule has 1 saturated heterocycles. The van der Waals surface area contributed by atoms with Crippen LogP contribution in [0.3, 0.4) is 0 Å². The van der Waals surface area contributed by atoms with Gasteiger partial charge in [0.2, 0.25) is 0 Å². The summed E-state index contributed by atoms with van der Waals surface area (Å²) >= 11 is 0. The van der Waals surface area contributed by atoms with Crippen molar-refractivity contribution in [1.82, 2.24) is 20.2 Å². The Morgan fingerprint density at radius 1 is 1.19 bits per heavy atom. The molecule has 10 heteroatoms. The van der Waals surface area contributed by atoms with Gasteiger partial charge in [0.15, 0.2) is 0 Å². The summed E-state index contributed by atoms with van der Waals surface area (Å²) in [5.41, 5.74) is 1.78. The monoisotopic (exact) mass is 447 g/mol. The Kier molecular flexibility index (Phi) is 6.31. The number of alkyl halides is 3. The van der Waals surface area contributed by atoms with Crippen LogP contribution >= 0.6 is 0 Å². The molecule has 1 aliphatic heterocycles. The lowest BCUT2D eigenvalue weighted by Crippen LogP contribution is -2.39. The van der Waals surface area contributed by atoms with Crippen molar-refractivity contribution in [3.63, 3.8) is 0 Å². The zero-order valence-electron chi connectivity index (χ0n) is 17.8. The second-order valence-electron chi connectivity index (χ2n) is 7.66. The number of H-pyrrole nitrogens is 1. The lowest BCUT2D eigenvalue weighted by molar-refractivity contribution is -0.137. The first-order chi connectivity index (χ1) is 15.3. The second kappa shape index (κ2) is 9.15. The third-order valence-corrected chi connectivity index (χ3v) is 5.13. The Morgan fingerprint density at radius 2 is 2.03 bits per heavy atom. The fraction of sp³-hybridized carbons (Fsp3) is 0.409. The van der Waals surface area contributed by atoms with Gasteiger partial charge in [0.1, 0.15) is 23.5 Å². The molecule has 0 amide bonds. The van der Waals surface area contributed by atoms with Crippen molar-refractivity contribution in [2.75, 3.05) is 31.2 Å². The predicted octanol–water partition coefficient (Wildman–Crippen LogP) is 4.03. The van der Waals surface area contributed by atoms with Gasteiger partial charge >= 0.3 is 6.18 Å². The van der Waals surface area contributed by atoms with Crippen molar-refractivity contribution < 1.29 is 22.6 Å². The van der Waals surface area contributed by atoms with Gasteiger partial charge in [0, 0.05) is 30.4 Å². The minimum atomic E-state index is -4.39. The number of hydrogen-bond donors (Lipinski definition) is 1. The molecule has 7 nitrogen and oxygen atoms in total. The van der Waals surface area contributed by atoms with Gasteiger partial charge in [-0.2, -0.15) is 18.3 Å². The van der Waals surface area contributed by atoms with Crippen LogP contribution in [0.2, 0.25) is 0 Å². The second-order valence-corrected chi connectivity index (χ2v) is 7.66. The minimum Gasteiger partial charge on any atom is -0.493 e. The summed E-state index contributed by atoms with van der Waals surface area (Å²) < 4.78 is 49.9. The number of ether oxygens (including phenoxy) is 2. The molecule has 1 unspecified atom stereocenters. The van der Waals surface area contributed by atoms with E-state index in [4.69, 9.17) is 9.47 Å². The van der Waals surface area contributed by atoms with Crippen molar-refractivity contribution in [1.29, 1.82) is 0 Å². The fourth-order valence-corrected chi connectivity index (χ4v) is 3.61. The van der Waals surface area contributed by atoms with E-state index in [1.807, 2.05) is 26.0 Å². The molecular weight excluding hydrogens is 423 g/mol. The molecule has 4 rings (SSSR count). The Bertz CT molecular complexity index is 1050. The molecule has 0 saturated carbocycles. The maximum absolute atomic E-state index is 12.8. The minimum absolute atomic E-state index is 0.182. The highest BCUT2D eigenvalue weighted by Crippen LogP contribution is 2.31. The highest BCUT2D eigenvalue weighted by atomic mass is 19.4. The van der Waals surface area contributed by atoms with Crippen LogP contribution in [0.5, 0.6) is 5.75 Å². The average Bonchev–Trinajstić information content (AvgIpc) is 3.22. The van der Waals surface area contributed by atoms with Crippen molar-refractivity contribution in [2.24, 2.45) is 0 Å². The predicted molar refractivity (Wildman–Crippen MR) is 112 cm³/mol. The van der Waals surface area contributed by atoms with Crippen molar-refractivity contribution in [2.45, 2.75) is 32.5 Å². The van der Waals surface area contributed by atoms with E-state index in [1.165, 1.54) is 12.1 Å². The maximum atomic E-state index is 12.8. The molecule has 1 aliphatic rings. The number of aromatic nitrogens is 4. The van der Waals surface area contributed by atoms with E-state index < -0.39 is 11.7 Å². The highest BCUT2D eigenvalue weighted by molar-refractivity contribution is 5.40. The van der Waals surface area contributed by atoms with E-state index in [9.17, 15) is 13.2 Å². The molecule has 0 radical (unpaired) electrons. The summed E-state index contributed by atoms with van der Waals surface area (Å²) in [7, 11) is 0. The highest BCUT2D eigenvalue weighted by Gasteiger charge is 2.30. The van der Waals surface area contributed by atoms with E-state index in [0.717, 1.165) is 47.4 Å². The quantitative estimate of drug-likeness (QED) is 0.615. The lowest BCUT2D eigenvalue weighted by Gasteiger charge is -2.33. The average molecular weight is 447 g/mol. The first-order valence-electron chi connectivity index (χ1n) is 10.3. The molecule has 0 spiro atoms. The molecule has 1 fully saturated rings. The Labute approximate surface area is 183 Å². The topological polar surface area (TPSA) is 76.2 Å². The molecule has 1 aromatic carbocycles. The summed E-state index contributed by atoms with van der Waals surface area (Å²) in [5, 5.41) is 7.33. The van der Waals surface area contributed by atoms with Gasteiger partial charge in [-0.05, 0) is 38.1 Å². The van der Waals surface area contributed by atoms with E-state index in [1.54, 1.807) is 0 Å². The third-order valence-electron chi connectivity index (χ3n) is 5.13. The van der Waals surface area contributed by atoms with E-state index in [2.05, 4.69) is 25.1 Å². The van der Waals surface area contributed by atoms with Gasteiger partial charge in [-0.15, -0.1) is 0 Å². The fourth-order valence-electron chi connectivity index (χ4n) is 3.61. The summed E-state index contributed by atoms with van der Waals surface area (Å²) in [6, 6.07) is 8.72. The van der Waals surface area contributed by atoms with Gasteiger partial charge in [0.25, 0.3) is 0 Å². The van der Waals surface area contributed by atoms with E-state index >= 15 is 0 Å². The molecule has 1 atom stereocenters. The van der Waals surface area contributed by atoms with Gasteiger partial charge in [-0.25, -0.2) is 9.97 Å². The van der Waals surface area contributed by atoms with Crippen LogP contribution in [0.15, 0.2) is 36.4 Å². The van der Waals surface area contributed by atoms with E-state index in [-0.39, 0.29) is 18.5 Å². The molecule has 0 aliphatic carbocycles. The first kappa shape index (κ1) is 22.1. The first-order valence-corrected chi connectivity index (χ1v) is 10.3. The number of morpholine rings is 1. The summed E-state index contributed by atoms with van der Waals surface area (Å²) in [5.74, 6) is 1.78. The molecule has 3 aromatic rings. The summed E-state index contributed by atoms with van der Waals surface area (Å²) in [6.45, 7) is 5.93. The molecule has 3 heterocycles. The number of nitrogens with one attached hydrogen (secondary N) is 1. The zero-order valence-corrected chi connectivity index (χ0v) is 17.8. The summed E-state index contributed by atoms with van der Waals surface area (Å²) in [6.07, 6.45) is -4.13. The number of aryl methyl sites for hydroxylation is 2. The summed E-state index contributed by atoms with van der Waals surface area (Å²) in [4.78, 5) is 11.0. The Balaban J connectivity index is 1.34. The third kappa shape index (κ3) is 5.37. The SMILES string of the molecule is Cc1cc(N2CCOC(c3cc(CCOc4cccc(C(F)(F)F)c4)[nH]n3)C2)nc(C)n1. The molecule has 2 aromatic heterocycles. The Hall–Kier alpha value is -3.14. The van der Waals surface area contributed by atoms with Crippen LogP contribution in [0.4, 0.5) is 19.0 Å². The number of hydrogen-bond acceptors (Lipinski definition) is 6. The van der Waals surface area contributed by atoms with Crippen LogP contribution in [-0.4, -0.2) is 46.5 Å². The smallest absolute Gasteiger partial charge is 0.416 e. The molecule has 170 valence electrons. The molecule has 0 bridgehead atoms. The number of aromatic amines is 1. The van der Waals surface area contributed by atoms with Crippen LogP contribution in [-0.2, 0) is 17.3 Å². The lowest BCUT2D eigenvalue weighted by atomic mass is 10.2. The molecular formula is C22H24F3N5O2. The van der Waals surface area contributed by atoms with Gasteiger partial charge < -0.3 is 14.4 Å². The number of halogens is 3. The van der Waals surface area contributed by atoms with Gasteiger partial charge in [-0.1, -0.05) is 6.07 Å². The van der Waals surface area contributed by atoms with E-state index in [0.29, 0.717) is 19.6 Å². The van der Waals surface area contributed by atoms with Gasteiger partial charge in [0.05, 0.1) is 31.0 Å². The van der Waals surface area contributed by atoms with Crippen LogP contribution in [0.25, 0.3) is 0 Å². The number of benzene rings is 1. The number of rotatable bonds is 6. The Morgan fingerprint density at radius 3 is 2.81 bits per heavy atom. The van der Waals surface area contributed by atoms with Gasteiger partial charge in [-0.3, -0.25) is 5.10 Å². The van der Waals surface area contributed by atoms with Crippen molar-refractivity contribution >= 4 is 5.82 Å². The molecule has 1 N–H and O–H groups in total. The standard InChI is InChI=1S/C22H24F3N5O2/c1-14-10-21(27-15(2)26-14)30-7-9-32-20(13-30)19-12-17(28-29-19)6-8-31-18-5-3-4-16(11-18)22(23,24)25/h3-5,10-12,20H,6-9,13H2,1-2H3,(H,28,29). The normalized spacial score (nSPS) is 16.9.